The van der Waals surface area contributed by atoms with Crippen molar-refractivity contribution >= 4 is 28.4 Å². The first-order chi connectivity index (χ1) is 13.5. The first-order valence-corrected chi connectivity index (χ1v) is 10.5. The van der Waals surface area contributed by atoms with Crippen molar-refractivity contribution in [2.75, 3.05) is 20.8 Å². The van der Waals surface area contributed by atoms with Crippen LogP contribution in [0.15, 0.2) is 63.3 Å². The molecule has 0 aliphatic carbocycles. The van der Waals surface area contributed by atoms with Crippen LogP contribution in [0.1, 0.15) is 18.7 Å². The van der Waals surface area contributed by atoms with Crippen molar-refractivity contribution < 1.29 is 9.47 Å². The number of methoxy groups -OCH3 is 2. The highest BCUT2D eigenvalue weighted by atomic mass is 32.1. The van der Waals surface area contributed by atoms with E-state index in [1.807, 2.05) is 53.5 Å². The number of benzene rings is 1. The number of thiazole rings is 1. The lowest BCUT2D eigenvalue weighted by atomic mass is 10.1. The van der Waals surface area contributed by atoms with Crippen molar-refractivity contribution in [2.45, 2.75) is 13.8 Å². The van der Waals surface area contributed by atoms with Gasteiger partial charge >= 0.3 is 0 Å². The third-order valence-electron chi connectivity index (χ3n) is 3.98. The van der Waals surface area contributed by atoms with Gasteiger partial charge in [0.05, 0.1) is 37.0 Å². The molecule has 0 aliphatic heterocycles. The van der Waals surface area contributed by atoms with Crippen molar-refractivity contribution in [3.05, 3.63) is 62.9 Å². The fourth-order valence-electron chi connectivity index (χ4n) is 2.59. The van der Waals surface area contributed by atoms with E-state index in [1.165, 1.54) is 0 Å². The summed E-state index contributed by atoms with van der Waals surface area (Å²) in [5.41, 5.74) is 3.72. The molecule has 0 N–H and O–H groups in total. The lowest BCUT2D eigenvalue weighted by molar-refractivity contribution is 0.404. The summed E-state index contributed by atoms with van der Waals surface area (Å²) in [4.78, 5) is 6.61. The van der Waals surface area contributed by atoms with Gasteiger partial charge in [0.1, 0.15) is 11.5 Å². The molecule has 2 heterocycles. The van der Waals surface area contributed by atoms with E-state index in [4.69, 9.17) is 19.6 Å². The van der Waals surface area contributed by atoms with Gasteiger partial charge in [0.25, 0.3) is 0 Å². The van der Waals surface area contributed by atoms with Crippen LogP contribution in [-0.4, -0.2) is 31.2 Å². The molecule has 3 aromatic rings. The zero-order valence-electron chi connectivity index (χ0n) is 16.4. The standard InChI is InChI=1S/C21H23N3O2S2/c1-14(2)12-22-21-24(23-15(3)20-7-6-10-27-20)18(13-28-21)17-11-16(25-4)8-9-19(17)26-5/h6-11,13H,1,12H2,2-5H3. The molecule has 0 fully saturated rings. The summed E-state index contributed by atoms with van der Waals surface area (Å²) in [6.07, 6.45) is 0. The fraction of sp³-hybridized carbons (Fsp3) is 0.238. The maximum atomic E-state index is 5.58. The molecule has 0 spiro atoms. The Morgan fingerprint density at radius 1 is 1.14 bits per heavy atom. The van der Waals surface area contributed by atoms with Gasteiger partial charge in [-0.1, -0.05) is 18.2 Å². The van der Waals surface area contributed by atoms with E-state index in [1.54, 1.807) is 36.9 Å². The number of thiophene rings is 1. The second-order valence-electron chi connectivity index (χ2n) is 6.22. The molecular weight excluding hydrogens is 390 g/mol. The van der Waals surface area contributed by atoms with Crippen LogP contribution in [0.5, 0.6) is 11.5 Å². The van der Waals surface area contributed by atoms with Crippen molar-refractivity contribution in [1.29, 1.82) is 0 Å². The fourth-order valence-corrected chi connectivity index (χ4v) is 4.08. The van der Waals surface area contributed by atoms with Gasteiger partial charge in [0.2, 0.25) is 4.80 Å². The minimum absolute atomic E-state index is 0.558. The molecule has 146 valence electrons. The van der Waals surface area contributed by atoms with Crippen LogP contribution in [0, 0.1) is 0 Å². The molecule has 0 amide bonds. The summed E-state index contributed by atoms with van der Waals surface area (Å²) < 4.78 is 12.9. The monoisotopic (exact) mass is 413 g/mol. The molecule has 5 nitrogen and oxygen atoms in total. The Morgan fingerprint density at radius 3 is 2.61 bits per heavy atom. The number of hydrogen-bond acceptors (Lipinski definition) is 6. The average Bonchev–Trinajstić information content (AvgIpc) is 3.36. The first-order valence-electron chi connectivity index (χ1n) is 8.70. The predicted octanol–water partition coefficient (Wildman–Crippen LogP) is 5.04. The molecule has 3 rings (SSSR count). The van der Waals surface area contributed by atoms with Crippen LogP contribution in [0.4, 0.5) is 0 Å². The smallest absolute Gasteiger partial charge is 0.206 e. The highest BCUT2D eigenvalue weighted by Crippen LogP contribution is 2.33. The minimum Gasteiger partial charge on any atom is -0.497 e. The zero-order valence-corrected chi connectivity index (χ0v) is 18.1. The molecule has 0 bridgehead atoms. The highest BCUT2D eigenvalue weighted by molar-refractivity contribution is 7.12. The molecule has 2 aromatic heterocycles. The summed E-state index contributed by atoms with van der Waals surface area (Å²) in [5.74, 6) is 1.51. The van der Waals surface area contributed by atoms with Crippen LogP contribution in [0.25, 0.3) is 11.3 Å². The van der Waals surface area contributed by atoms with Gasteiger partial charge in [-0.15, -0.1) is 22.7 Å². The molecule has 28 heavy (non-hydrogen) atoms. The number of aromatic nitrogens is 1. The summed E-state index contributed by atoms with van der Waals surface area (Å²) in [5, 5.41) is 8.97. The second kappa shape index (κ2) is 9.03. The van der Waals surface area contributed by atoms with Crippen molar-refractivity contribution in [3.8, 4) is 22.8 Å². The van der Waals surface area contributed by atoms with Gasteiger partial charge < -0.3 is 9.47 Å². The minimum atomic E-state index is 0.558. The number of rotatable bonds is 7. The van der Waals surface area contributed by atoms with E-state index in [2.05, 4.69) is 12.6 Å². The van der Waals surface area contributed by atoms with E-state index < -0.39 is 0 Å². The van der Waals surface area contributed by atoms with E-state index >= 15 is 0 Å². The Morgan fingerprint density at radius 2 is 1.96 bits per heavy atom. The van der Waals surface area contributed by atoms with Gasteiger partial charge in [0.15, 0.2) is 0 Å². The average molecular weight is 414 g/mol. The molecule has 0 saturated heterocycles. The first kappa shape index (κ1) is 20.1. The van der Waals surface area contributed by atoms with Crippen molar-refractivity contribution in [3.63, 3.8) is 0 Å². The Kier molecular flexibility index (Phi) is 6.49. The maximum Gasteiger partial charge on any atom is 0.206 e. The van der Waals surface area contributed by atoms with Crippen molar-refractivity contribution in [2.24, 2.45) is 10.1 Å². The van der Waals surface area contributed by atoms with Gasteiger partial charge in [-0.25, -0.2) is 4.68 Å². The number of hydrogen-bond donors (Lipinski definition) is 0. The molecule has 7 heteroatoms. The summed E-state index contributed by atoms with van der Waals surface area (Å²) in [6.45, 7) is 8.48. The van der Waals surface area contributed by atoms with E-state index in [9.17, 15) is 0 Å². The molecule has 0 saturated carbocycles. The van der Waals surface area contributed by atoms with Crippen LogP contribution in [0.2, 0.25) is 0 Å². The Hall–Kier alpha value is -2.64. The Bertz CT molecular complexity index is 1060. The molecule has 1 aromatic carbocycles. The molecule has 0 unspecified atom stereocenters. The van der Waals surface area contributed by atoms with E-state index in [-0.39, 0.29) is 0 Å². The zero-order chi connectivity index (χ0) is 20.1. The highest BCUT2D eigenvalue weighted by Gasteiger charge is 2.15. The topological polar surface area (TPSA) is 48.1 Å². The van der Waals surface area contributed by atoms with Crippen molar-refractivity contribution in [1.82, 2.24) is 4.68 Å². The summed E-state index contributed by atoms with van der Waals surface area (Å²) in [7, 11) is 3.31. The third kappa shape index (κ3) is 4.43. The number of ether oxygens (including phenoxy) is 2. The van der Waals surface area contributed by atoms with Crippen LogP contribution >= 0.6 is 22.7 Å². The SMILES string of the molecule is C=C(C)CN=c1scc(-c2cc(OC)ccc2OC)n1N=C(C)c1cccs1. The van der Waals surface area contributed by atoms with Gasteiger partial charge in [0, 0.05) is 10.9 Å². The largest absolute Gasteiger partial charge is 0.497 e. The molecule has 0 radical (unpaired) electrons. The second-order valence-corrected chi connectivity index (χ2v) is 8.00. The summed E-state index contributed by atoms with van der Waals surface area (Å²) >= 11 is 3.20. The summed E-state index contributed by atoms with van der Waals surface area (Å²) in [6, 6.07) is 9.82. The Labute approximate surface area is 172 Å². The molecule has 0 aliphatic rings. The quantitative estimate of drug-likeness (QED) is 0.402. The Balaban J connectivity index is 2.21. The molecule has 0 atom stereocenters. The number of nitrogens with zero attached hydrogens (tertiary/aromatic N) is 3. The van der Waals surface area contributed by atoms with Crippen LogP contribution in [-0.2, 0) is 0 Å². The maximum absolute atomic E-state index is 5.58. The van der Waals surface area contributed by atoms with E-state index in [0.717, 1.165) is 43.7 Å². The lowest BCUT2D eigenvalue weighted by Crippen LogP contribution is -2.14. The van der Waals surface area contributed by atoms with Gasteiger partial charge in [-0.05, 0) is 43.5 Å². The van der Waals surface area contributed by atoms with Crippen LogP contribution in [0.3, 0.4) is 0 Å². The normalized spacial score (nSPS) is 12.3. The predicted molar refractivity (Wildman–Crippen MR) is 118 cm³/mol. The van der Waals surface area contributed by atoms with Crippen LogP contribution < -0.4 is 14.3 Å². The lowest BCUT2D eigenvalue weighted by Gasteiger charge is -2.11. The third-order valence-corrected chi connectivity index (χ3v) is 5.81. The van der Waals surface area contributed by atoms with Gasteiger partial charge in [-0.2, -0.15) is 5.10 Å². The molecular formula is C21H23N3O2S2. The van der Waals surface area contributed by atoms with E-state index in [0.29, 0.717) is 6.54 Å². The van der Waals surface area contributed by atoms with Gasteiger partial charge in [-0.3, -0.25) is 4.99 Å².